The molecule has 0 atom stereocenters. The van der Waals surface area contributed by atoms with Gasteiger partial charge < -0.3 is 16.0 Å². The maximum Gasteiger partial charge on any atom is 0.262 e. The topological polar surface area (TPSA) is 71.2 Å². The fraction of sp³-hybridized carbons (Fsp3) is 0.333. The molecule has 1 fully saturated rings. The van der Waals surface area contributed by atoms with Crippen molar-refractivity contribution in [1.82, 2.24) is 15.2 Å². The SMILES string of the molecule is CN[C@H]1CC[C@H](N(Cc2cc(-c3ccc(N)nc3)ccc2C)C(=O)/C(=C\Cl)Sc2cccc(F)c2C)CC1. The molecule has 1 aliphatic carbocycles. The lowest BCUT2D eigenvalue weighted by Gasteiger charge is -2.37. The van der Waals surface area contributed by atoms with Crippen molar-refractivity contribution in [2.24, 2.45) is 0 Å². The van der Waals surface area contributed by atoms with Crippen LogP contribution in [-0.4, -0.2) is 34.9 Å². The summed E-state index contributed by atoms with van der Waals surface area (Å²) < 4.78 is 14.2. The van der Waals surface area contributed by atoms with Gasteiger partial charge >= 0.3 is 0 Å². The van der Waals surface area contributed by atoms with E-state index in [2.05, 4.69) is 35.4 Å². The number of carbonyl (C=O) groups excluding carboxylic acids is 1. The van der Waals surface area contributed by atoms with Crippen LogP contribution >= 0.6 is 23.4 Å². The molecule has 2 aromatic carbocycles. The van der Waals surface area contributed by atoms with Crippen molar-refractivity contribution in [3.63, 3.8) is 0 Å². The molecule has 1 heterocycles. The zero-order valence-electron chi connectivity index (χ0n) is 22.0. The van der Waals surface area contributed by atoms with Crippen LogP contribution in [-0.2, 0) is 11.3 Å². The first kappa shape index (κ1) is 28.1. The van der Waals surface area contributed by atoms with Gasteiger partial charge in [0.25, 0.3) is 5.91 Å². The summed E-state index contributed by atoms with van der Waals surface area (Å²) in [6, 6.07) is 15.4. The molecule has 0 saturated heterocycles. The van der Waals surface area contributed by atoms with E-state index in [4.69, 9.17) is 17.3 Å². The predicted molar refractivity (Wildman–Crippen MR) is 155 cm³/mol. The lowest BCUT2D eigenvalue weighted by atomic mass is 9.89. The molecule has 0 aliphatic heterocycles. The molecule has 3 N–H and O–H groups in total. The molecular weight excluding hydrogens is 519 g/mol. The van der Waals surface area contributed by atoms with Gasteiger partial charge in [-0.05, 0) is 99.2 Å². The molecule has 200 valence electrons. The number of benzene rings is 2. The minimum Gasteiger partial charge on any atom is -0.384 e. The van der Waals surface area contributed by atoms with Gasteiger partial charge in [-0.1, -0.05) is 41.6 Å². The van der Waals surface area contributed by atoms with Gasteiger partial charge in [0.05, 0.1) is 4.91 Å². The molecular formula is C30H34ClFN4OS. The number of anilines is 1. The lowest BCUT2D eigenvalue weighted by Crippen LogP contribution is -2.44. The van der Waals surface area contributed by atoms with Gasteiger partial charge in [0.2, 0.25) is 0 Å². The molecule has 5 nitrogen and oxygen atoms in total. The molecule has 8 heteroatoms. The number of pyridine rings is 1. The van der Waals surface area contributed by atoms with Crippen LogP contribution in [0.1, 0.15) is 42.4 Å². The number of aromatic nitrogens is 1. The molecule has 0 spiro atoms. The number of nitrogens with two attached hydrogens (primary N) is 1. The number of nitrogens with one attached hydrogen (secondary N) is 1. The Kier molecular flexibility index (Phi) is 9.47. The first-order chi connectivity index (χ1) is 18.3. The number of nitrogens with zero attached hydrogens (tertiary/aromatic N) is 2. The molecule has 38 heavy (non-hydrogen) atoms. The van der Waals surface area contributed by atoms with Crippen LogP contribution in [0.3, 0.4) is 0 Å². The molecule has 3 aromatic rings. The van der Waals surface area contributed by atoms with Crippen LogP contribution in [0, 0.1) is 19.7 Å². The zero-order valence-corrected chi connectivity index (χ0v) is 23.6. The highest BCUT2D eigenvalue weighted by Crippen LogP contribution is 2.35. The summed E-state index contributed by atoms with van der Waals surface area (Å²) in [5.41, 5.74) is 11.7. The van der Waals surface area contributed by atoms with Gasteiger partial charge in [-0.2, -0.15) is 0 Å². The van der Waals surface area contributed by atoms with E-state index in [0.29, 0.717) is 33.8 Å². The number of nitrogen functional groups attached to an aromatic ring is 1. The second-order valence-electron chi connectivity index (χ2n) is 9.78. The van der Waals surface area contributed by atoms with E-state index in [1.54, 1.807) is 25.3 Å². The fourth-order valence-electron chi connectivity index (χ4n) is 4.89. The highest BCUT2D eigenvalue weighted by atomic mass is 35.5. The van der Waals surface area contributed by atoms with Crippen LogP contribution < -0.4 is 11.1 Å². The number of thioether (sulfide) groups is 1. The smallest absolute Gasteiger partial charge is 0.262 e. The summed E-state index contributed by atoms with van der Waals surface area (Å²) >= 11 is 7.45. The predicted octanol–water partition coefficient (Wildman–Crippen LogP) is 6.82. The van der Waals surface area contributed by atoms with Crippen molar-refractivity contribution in [1.29, 1.82) is 0 Å². The van der Waals surface area contributed by atoms with E-state index in [1.165, 1.54) is 23.4 Å². The molecule has 1 saturated carbocycles. The summed E-state index contributed by atoms with van der Waals surface area (Å²) in [5, 5.41) is 3.37. The summed E-state index contributed by atoms with van der Waals surface area (Å²) in [5.74, 6) is 0.0326. The monoisotopic (exact) mass is 552 g/mol. The van der Waals surface area contributed by atoms with E-state index in [0.717, 1.165) is 47.9 Å². The second-order valence-corrected chi connectivity index (χ2v) is 11.1. The quantitative estimate of drug-likeness (QED) is 0.237. The Morgan fingerprint density at radius 3 is 2.55 bits per heavy atom. The van der Waals surface area contributed by atoms with E-state index in [-0.39, 0.29) is 17.8 Å². The van der Waals surface area contributed by atoms with Crippen molar-refractivity contribution in [2.45, 2.75) is 63.1 Å². The van der Waals surface area contributed by atoms with Crippen LogP contribution in [0.15, 0.2) is 70.1 Å². The van der Waals surface area contributed by atoms with Crippen LogP contribution in [0.25, 0.3) is 11.1 Å². The largest absolute Gasteiger partial charge is 0.384 e. The van der Waals surface area contributed by atoms with Crippen molar-refractivity contribution < 1.29 is 9.18 Å². The van der Waals surface area contributed by atoms with E-state index >= 15 is 0 Å². The van der Waals surface area contributed by atoms with Crippen molar-refractivity contribution in [3.8, 4) is 11.1 Å². The molecule has 4 rings (SSSR count). The lowest BCUT2D eigenvalue weighted by molar-refractivity contribution is -0.130. The number of aryl methyl sites for hydroxylation is 1. The zero-order chi connectivity index (χ0) is 27.2. The molecule has 0 radical (unpaired) electrons. The number of hydrogen-bond donors (Lipinski definition) is 2. The molecule has 1 amide bonds. The molecule has 1 aromatic heterocycles. The van der Waals surface area contributed by atoms with E-state index < -0.39 is 0 Å². The second kappa shape index (κ2) is 12.8. The van der Waals surface area contributed by atoms with Crippen LogP contribution in [0.4, 0.5) is 10.2 Å². The number of carbonyl (C=O) groups is 1. The third-order valence-corrected chi connectivity index (χ3v) is 8.89. The van der Waals surface area contributed by atoms with Crippen LogP contribution in [0.5, 0.6) is 0 Å². The molecule has 0 bridgehead atoms. The minimum atomic E-state index is -0.303. The summed E-state index contributed by atoms with van der Waals surface area (Å²) in [6.07, 6.45) is 5.56. The van der Waals surface area contributed by atoms with Crippen molar-refractivity contribution in [2.75, 3.05) is 12.8 Å². The Bertz CT molecular complexity index is 1310. The van der Waals surface area contributed by atoms with Gasteiger partial charge in [-0.3, -0.25) is 4.79 Å². The minimum absolute atomic E-state index is 0.0779. The maximum atomic E-state index is 14.2. The van der Waals surface area contributed by atoms with Crippen LogP contribution in [0.2, 0.25) is 0 Å². The Hall–Kier alpha value is -2.87. The van der Waals surface area contributed by atoms with Crippen molar-refractivity contribution in [3.05, 3.63) is 87.7 Å². The summed E-state index contributed by atoms with van der Waals surface area (Å²) in [4.78, 5) is 21.3. The van der Waals surface area contributed by atoms with Crippen molar-refractivity contribution >= 4 is 35.1 Å². The number of rotatable bonds is 8. The average Bonchev–Trinajstić information content (AvgIpc) is 2.93. The normalized spacial score (nSPS) is 17.9. The Balaban J connectivity index is 1.65. The van der Waals surface area contributed by atoms with Gasteiger partial charge in [0.1, 0.15) is 11.6 Å². The summed E-state index contributed by atoms with van der Waals surface area (Å²) in [7, 11) is 1.99. The van der Waals surface area contributed by atoms with Gasteiger partial charge in [0.15, 0.2) is 0 Å². The third-order valence-electron chi connectivity index (χ3n) is 7.36. The number of amides is 1. The number of halogens is 2. The first-order valence-electron chi connectivity index (χ1n) is 12.8. The Morgan fingerprint density at radius 1 is 1.16 bits per heavy atom. The van der Waals surface area contributed by atoms with E-state index in [9.17, 15) is 9.18 Å². The maximum absolute atomic E-state index is 14.2. The molecule has 1 aliphatic rings. The Morgan fingerprint density at radius 2 is 1.89 bits per heavy atom. The standard InChI is InChI=1S/C30H34ClFN4OS/c1-19-7-8-21(22-9-14-29(33)35-17-22)15-23(19)18-36(25-12-10-24(34-3)11-13-25)30(37)28(16-31)38-27-6-4-5-26(32)20(27)2/h4-9,14-17,24-25,34H,10-13,18H2,1-3H3,(H2,33,35)/b28-16+/t24-,25-. The Labute approximate surface area is 233 Å². The third kappa shape index (κ3) is 6.57. The number of hydrogen-bond acceptors (Lipinski definition) is 5. The highest BCUT2D eigenvalue weighted by molar-refractivity contribution is 8.04. The summed E-state index contributed by atoms with van der Waals surface area (Å²) in [6.45, 7) is 4.22. The van der Waals surface area contributed by atoms with Gasteiger partial charge in [0, 0.05) is 40.8 Å². The van der Waals surface area contributed by atoms with Gasteiger partial charge in [-0.25, -0.2) is 9.37 Å². The van der Waals surface area contributed by atoms with E-state index in [1.807, 2.05) is 24.1 Å². The van der Waals surface area contributed by atoms with Gasteiger partial charge in [-0.15, -0.1) is 0 Å². The highest BCUT2D eigenvalue weighted by Gasteiger charge is 2.31. The fourth-order valence-corrected chi connectivity index (χ4v) is 6.00. The first-order valence-corrected chi connectivity index (χ1v) is 14.1. The molecule has 0 unspecified atom stereocenters. The average molecular weight is 553 g/mol.